The van der Waals surface area contributed by atoms with Crippen molar-refractivity contribution in [2.75, 3.05) is 19.6 Å². The van der Waals surface area contributed by atoms with Crippen molar-refractivity contribution in [3.8, 4) is 0 Å². The summed E-state index contributed by atoms with van der Waals surface area (Å²) in [6.45, 7) is 9.00. The number of hydrogen-bond acceptors (Lipinski definition) is 3. The molecular formula is C15H30F3NO3S. The van der Waals surface area contributed by atoms with Crippen LogP contribution < -0.4 is 4.90 Å². The summed E-state index contributed by atoms with van der Waals surface area (Å²) in [5.41, 5.74) is -5.65. The van der Waals surface area contributed by atoms with Crippen molar-refractivity contribution >= 4 is 10.1 Å². The fourth-order valence-corrected chi connectivity index (χ4v) is 2.75. The summed E-state index contributed by atoms with van der Waals surface area (Å²) in [6, 6.07) is 0. The molecule has 0 aromatic rings. The minimum Gasteiger partial charge on any atom is -0.741 e. The van der Waals surface area contributed by atoms with Crippen molar-refractivity contribution < 1.29 is 31.0 Å². The van der Waals surface area contributed by atoms with Gasteiger partial charge in [-0.25, -0.2) is 8.42 Å². The fraction of sp³-hybridized carbons (Fsp3) is 1.00. The van der Waals surface area contributed by atoms with E-state index < -0.39 is 15.6 Å². The summed E-state index contributed by atoms with van der Waals surface area (Å²) in [6.07, 6.45) is 11.6. The summed E-state index contributed by atoms with van der Waals surface area (Å²) in [5, 5.41) is 0. The van der Waals surface area contributed by atoms with E-state index in [1.165, 1.54) is 71.0 Å². The minimum atomic E-state index is -6.09. The molecule has 23 heavy (non-hydrogen) atoms. The smallest absolute Gasteiger partial charge is 0.485 e. The predicted molar refractivity (Wildman–Crippen MR) is 83.1 cm³/mol. The molecule has 2 atom stereocenters. The average Bonchev–Trinajstić information content (AvgIpc) is 2.89. The van der Waals surface area contributed by atoms with Gasteiger partial charge in [0, 0.05) is 12.3 Å². The summed E-state index contributed by atoms with van der Waals surface area (Å²) in [5.74, 6) is 1.04. The zero-order chi connectivity index (χ0) is 17.9. The molecule has 1 aliphatic rings. The van der Waals surface area contributed by atoms with Crippen LogP contribution in [0.1, 0.15) is 65.2 Å². The van der Waals surface area contributed by atoms with E-state index in [-0.39, 0.29) is 0 Å². The van der Waals surface area contributed by atoms with Gasteiger partial charge in [0.25, 0.3) is 0 Å². The lowest BCUT2D eigenvalue weighted by Crippen LogP contribution is -3.10. The van der Waals surface area contributed by atoms with Crippen LogP contribution in [0.15, 0.2) is 0 Å². The maximum atomic E-state index is 10.7. The number of hydrogen-bond donors (Lipinski definition) is 1. The molecule has 1 aliphatic heterocycles. The fourth-order valence-electron chi connectivity index (χ4n) is 2.75. The molecule has 1 heterocycles. The number of quaternary nitrogens is 1. The van der Waals surface area contributed by atoms with Crippen LogP contribution in [-0.4, -0.2) is 38.1 Å². The number of halogens is 3. The molecular weight excluding hydrogens is 331 g/mol. The van der Waals surface area contributed by atoms with E-state index in [4.69, 9.17) is 13.0 Å². The number of likely N-dealkylation sites (tertiary alicyclic amines) is 1. The molecule has 1 N–H and O–H groups in total. The summed E-state index contributed by atoms with van der Waals surface area (Å²) in [4.78, 5) is 1.89. The predicted octanol–water partition coefficient (Wildman–Crippen LogP) is 2.71. The molecule has 4 nitrogen and oxygen atoms in total. The topological polar surface area (TPSA) is 61.6 Å². The van der Waals surface area contributed by atoms with E-state index in [2.05, 4.69) is 13.8 Å². The van der Waals surface area contributed by atoms with E-state index in [0.29, 0.717) is 0 Å². The molecule has 0 aliphatic carbocycles. The van der Waals surface area contributed by atoms with Gasteiger partial charge >= 0.3 is 5.51 Å². The lowest BCUT2D eigenvalue weighted by Gasteiger charge is -2.12. The minimum absolute atomic E-state index is 1.04. The quantitative estimate of drug-likeness (QED) is 0.411. The molecule has 8 heteroatoms. The first-order chi connectivity index (χ1) is 10.6. The molecule has 2 unspecified atom stereocenters. The highest BCUT2D eigenvalue weighted by Gasteiger charge is 2.36. The van der Waals surface area contributed by atoms with Gasteiger partial charge < -0.3 is 9.45 Å². The van der Waals surface area contributed by atoms with Crippen molar-refractivity contribution in [3.63, 3.8) is 0 Å². The van der Waals surface area contributed by atoms with Crippen molar-refractivity contribution in [1.82, 2.24) is 0 Å². The molecule has 0 amide bonds. The van der Waals surface area contributed by atoms with Gasteiger partial charge in [-0.1, -0.05) is 39.5 Å². The SMILES string of the molecule is CCCCCCCC[NH+]1CCC(CC)C1.O=S(=O)([O-])C(F)(F)F. The average molecular weight is 361 g/mol. The van der Waals surface area contributed by atoms with E-state index >= 15 is 0 Å². The van der Waals surface area contributed by atoms with Crippen molar-refractivity contribution in [2.45, 2.75) is 70.7 Å². The van der Waals surface area contributed by atoms with Crippen LogP contribution in [0.3, 0.4) is 0 Å². The first-order valence-corrected chi connectivity index (χ1v) is 9.88. The third-order valence-electron chi connectivity index (χ3n) is 4.23. The molecule has 0 spiro atoms. The number of nitrogens with one attached hydrogen (secondary N) is 1. The molecule has 140 valence electrons. The third-order valence-corrected chi connectivity index (χ3v) is 4.80. The second-order valence-corrected chi connectivity index (χ2v) is 7.56. The van der Waals surface area contributed by atoms with E-state index in [9.17, 15) is 13.2 Å². The highest BCUT2D eigenvalue weighted by atomic mass is 32.2. The van der Waals surface area contributed by atoms with Crippen LogP contribution in [0.25, 0.3) is 0 Å². The zero-order valence-electron chi connectivity index (χ0n) is 14.1. The Bertz CT molecular complexity index is 399. The maximum Gasteiger partial charge on any atom is 0.485 e. The Hall–Kier alpha value is -0.340. The highest BCUT2D eigenvalue weighted by Crippen LogP contribution is 2.20. The summed E-state index contributed by atoms with van der Waals surface area (Å²) >= 11 is 0. The number of alkyl halides is 3. The Labute approximate surface area is 138 Å². The molecule has 0 bridgehead atoms. The molecule has 0 aromatic carbocycles. The normalized spacial score (nSPS) is 21.8. The first-order valence-electron chi connectivity index (χ1n) is 8.47. The molecule has 1 fully saturated rings. The van der Waals surface area contributed by atoms with E-state index in [1.807, 2.05) is 4.90 Å². The maximum absolute atomic E-state index is 10.7. The van der Waals surface area contributed by atoms with Gasteiger partial charge in [-0.3, -0.25) is 0 Å². The van der Waals surface area contributed by atoms with Gasteiger partial charge in [0.05, 0.1) is 19.6 Å². The number of unbranched alkanes of at least 4 members (excludes halogenated alkanes) is 5. The van der Waals surface area contributed by atoms with E-state index in [0.717, 1.165) is 5.92 Å². The molecule has 0 saturated carbocycles. The van der Waals surface area contributed by atoms with Gasteiger partial charge in [0.2, 0.25) is 0 Å². The largest absolute Gasteiger partial charge is 0.741 e. The summed E-state index contributed by atoms with van der Waals surface area (Å²) < 4.78 is 58.9. The van der Waals surface area contributed by atoms with Gasteiger partial charge in [-0.05, 0) is 19.3 Å². The van der Waals surface area contributed by atoms with Crippen LogP contribution in [0, 0.1) is 5.92 Å². The Morgan fingerprint density at radius 1 is 1.09 bits per heavy atom. The van der Waals surface area contributed by atoms with Crippen molar-refractivity contribution in [1.29, 1.82) is 0 Å². The van der Waals surface area contributed by atoms with Crippen LogP contribution in [-0.2, 0) is 10.1 Å². The first kappa shape index (κ1) is 22.7. The molecule has 1 saturated heterocycles. The lowest BCUT2D eigenvalue weighted by molar-refractivity contribution is -0.889. The number of rotatable bonds is 8. The van der Waals surface area contributed by atoms with Gasteiger partial charge in [-0.2, -0.15) is 13.2 Å². The van der Waals surface area contributed by atoms with Crippen LogP contribution >= 0.6 is 0 Å². The highest BCUT2D eigenvalue weighted by molar-refractivity contribution is 7.86. The van der Waals surface area contributed by atoms with Crippen molar-refractivity contribution in [2.24, 2.45) is 5.92 Å². The summed E-state index contributed by atoms with van der Waals surface area (Å²) in [7, 11) is -6.09. The Morgan fingerprint density at radius 3 is 2.04 bits per heavy atom. The lowest BCUT2D eigenvalue weighted by atomic mass is 10.1. The zero-order valence-corrected chi connectivity index (χ0v) is 14.9. The molecule has 1 rings (SSSR count). The Kier molecular flexibility index (Phi) is 11.1. The van der Waals surface area contributed by atoms with Crippen molar-refractivity contribution in [3.05, 3.63) is 0 Å². The van der Waals surface area contributed by atoms with Crippen LogP contribution in [0.5, 0.6) is 0 Å². The Morgan fingerprint density at radius 2 is 1.61 bits per heavy atom. The molecule has 0 aromatic heterocycles. The second kappa shape index (κ2) is 11.3. The van der Waals surface area contributed by atoms with Crippen LogP contribution in [0.4, 0.5) is 13.2 Å². The van der Waals surface area contributed by atoms with Gasteiger partial charge in [0.15, 0.2) is 10.1 Å². The molecule has 0 radical (unpaired) electrons. The third kappa shape index (κ3) is 10.9. The standard InChI is InChI=1S/C14H29N.CHF3O3S/c1-3-5-6-7-8-9-11-15-12-10-14(4-2)13-15;2-1(3,4)8(5,6)7/h14H,3-13H2,1-2H3;(H,5,6,7). The Balaban J connectivity index is 0.000000515. The van der Waals surface area contributed by atoms with Crippen LogP contribution in [0.2, 0.25) is 0 Å². The van der Waals surface area contributed by atoms with Gasteiger partial charge in [0.1, 0.15) is 0 Å². The van der Waals surface area contributed by atoms with Gasteiger partial charge in [-0.15, -0.1) is 0 Å². The second-order valence-electron chi connectivity index (χ2n) is 6.18. The monoisotopic (exact) mass is 361 g/mol. The van der Waals surface area contributed by atoms with E-state index in [1.54, 1.807) is 0 Å².